The molecule has 30 heavy (non-hydrogen) atoms. The Balaban J connectivity index is 1.49. The quantitative estimate of drug-likeness (QED) is 0.604. The van der Waals surface area contributed by atoms with Gasteiger partial charge in [-0.3, -0.25) is 14.5 Å². The van der Waals surface area contributed by atoms with Crippen LogP contribution >= 0.6 is 15.9 Å². The summed E-state index contributed by atoms with van der Waals surface area (Å²) in [5.41, 5.74) is 2.88. The number of carbonyl (C=O) groups excluding carboxylic acids is 2. The van der Waals surface area contributed by atoms with Crippen LogP contribution in [0.15, 0.2) is 53.0 Å². The summed E-state index contributed by atoms with van der Waals surface area (Å²) in [6, 6.07) is 16.0. The van der Waals surface area contributed by atoms with Gasteiger partial charge in [0.1, 0.15) is 0 Å². The second kappa shape index (κ2) is 11.3. The number of hydrogen-bond acceptors (Lipinski definition) is 3. The molecule has 0 spiro atoms. The van der Waals surface area contributed by atoms with Crippen molar-refractivity contribution in [1.29, 1.82) is 0 Å². The highest BCUT2D eigenvalue weighted by molar-refractivity contribution is 9.10. The molecule has 0 unspecified atom stereocenters. The molecule has 0 atom stereocenters. The van der Waals surface area contributed by atoms with E-state index in [-0.39, 0.29) is 18.4 Å². The van der Waals surface area contributed by atoms with E-state index in [1.807, 2.05) is 18.2 Å². The minimum absolute atomic E-state index is 0.0461. The number of nitrogens with one attached hydrogen (secondary N) is 2. The molecular weight excluding hydrogens is 442 g/mol. The van der Waals surface area contributed by atoms with E-state index in [4.69, 9.17) is 0 Å². The Morgan fingerprint density at radius 3 is 2.47 bits per heavy atom. The molecule has 1 fully saturated rings. The molecule has 1 aliphatic carbocycles. The van der Waals surface area contributed by atoms with Gasteiger partial charge in [0.25, 0.3) is 5.91 Å². The molecule has 0 aromatic heterocycles. The first-order valence-electron chi connectivity index (χ1n) is 10.6. The van der Waals surface area contributed by atoms with Crippen LogP contribution in [0.2, 0.25) is 0 Å². The number of hydrogen-bond donors (Lipinski definition) is 2. The zero-order valence-electron chi connectivity index (χ0n) is 17.5. The Bertz CT molecular complexity index is 865. The highest BCUT2D eigenvalue weighted by Crippen LogP contribution is 2.23. The van der Waals surface area contributed by atoms with Crippen molar-refractivity contribution in [3.8, 4) is 0 Å². The maximum Gasteiger partial charge on any atom is 0.251 e. The van der Waals surface area contributed by atoms with Crippen LogP contribution in [0.1, 0.15) is 53.6 Å². The van der Waals surface area contributed by atoms with Crippen molar-refractivity contribution >= 4 is 27.7 Å². The lowest BCUT2D eigenvalue weighted by molar-refractivity contribution is -0.120. The van der Waals surface area contributed by atoms with Crippen LogP contribution in [-0.2, 0) is 17.9 Å². The number of halogens is 1. The molecule has 160 valence electrons. The van der Waals surface area contributed by atoms with E-state index in [0.29, 0.717) is 18.2 Å². The number of benzene rings is 2. The summed E-state index contributed by atoms with van der Waals surface area (Å²) in [5.74, 6) is -0.463. The second-order valence-electron chi connectivity index (χ2n) is 7.95. The van der Waals surface area contributed by atoms with Gasteiger partial charge in [0, 0.05) is 29.2 Å². The first-order chi connectivity index (χ1) is 14.5. The van der Waals surface area contributed by atoms with Gasteiger partial charge in [-0.15, -0.1) is 0 Å². The lowest BCUT2D eigenvalue weighted by atomic mass is 9.94. The normalized spacial score (nSPS) is 14.5. The van der Waals surface area contributed by atoms with Crippen molar-refractivity contribution in [3.05, 3.63) is 69.7 Å². The van der Waals surface area contributed by atoms with E-state index >= 15 is 0 Å². The van der Waals surface area contributed by atoms with Crippen LogP contribution in [0.4, 0.5) is 0 Å². The lowest BCUT2D eigenvalue weighted by Crippen LogP contribution is -2.37. The topological polar surface area (TPSA) is 61.4 Å². The average Bonchev–Trinajstić information content (AvgIpc) is 2.77. The number of rotatable bonds is 8. The van der Waals surface area contributed by atoms with Gasteiger partial charge < -0.3 is 10.6 Å². The SMILES string of the molecule is CN(Cc1ccccc1CNC(=O)CNC(=O)c1cccc(Br)c1)C1CCCCC1. The summed E-state index contributed by atoms with van der Waals surface area (Å²) in [7, 11) is 2.20. The van der Waals surface area contributed by atoms with E-state index in [1.54, 1.807) is 18.2 Å². The zero-order chi connectivity index (χ0) is 21.3. The third kappa shape index (κ3) is 6.67. The molecule has 6 heteroatoms. The van der Waals surface area contributed by atoms with Crippen LogP contribution in [0.25, 0.3) is 0 Å². The minimum atomic E-state index is -0.263. The molecule has 0 radical (unpaired) electrons. The molecule has 5 nitrogen and oxygen atoms in total. The number of amides is 2. The summed E-state index contributed by atoms with van der Waals surface area (Å²) in [4.78, 5) is 26.9. The second-order valence-corrected chi connectivity index (χ2v) is 8.86. The van der Waals surface area contributed by atoms with Crippen LogP contribution in [0, 0.1) is 0 Å². The van der Waals surface area contributed by atoms with Crippen molar-refractivity contribution in [3.63, 3.8) is 0 Å². The first-order valence-corrected chi connectivity index (χ1v) is 11.4. The monoisotopic (exact) mass is 471 g/mol. The molecule has 1 aliphatic rings. The molecule has 2 N–H and O–H groups in total. The highest BCUT2D eigenvalue weighted by atomic mass is 79.9. The summed E-state index contributed by atoms with van der Waals surface area (Å²) in [6.07, 6.45) is 6.53. The number of nitrogens with zero attached hydrogens (tertiary/aromatic N) is 1. The van der Waals surface area contributed by atoms with Crippen molar-refractivity contribution in [2.24, 2.45) is 0 Å². The summed E-state index contributed by atoms with van der Waals surface area (Å²) >= 11 is 3.35. The van der Waals surface area contributed by atoms with Crippen molar-refractivity contribution in [2.75, 3.05) is 13.6 Å². The van der Waals surface area contributed by atoms with E-state index in [1.165, 1.54) is 37.7 Å². The van der Waals surface area contributed by atoms with Gasteiger partial charge in [-0.25, -0.2) is 0 Å². The smallest absolute Gasteiger partial charge is 0.251 e. The van der Waals surface area contributed by atoms with Crippen LogP contribution in [0.3, 0.4) is 0 Å². The lowest BCUT2D eigenvalue weighted by Gasteiger charge is -2.31. The van der Waals surface area contributed by atoms with Crippen molar-refractivity contribution in [1.82, 2.24) is 15.5 Å². The third-order valence-corrected chi connectivity index (χ3v) is 6.20. The van der Waals surface area contributed by atoms with E-state index in [2.05, 4.69) is 50.6 Å². The van der Waals surface area contributed by atoms with E-state index in [0.717, 1.165) is 16.6 Å². The Morgan fingerprint density at radius 1 is 1.00 bits per heavy atom. The predicted octanol–water partition coefficient (Wildman–Crippen LogP) is 4.26. The molecule has 0 heterocycles. The maximum absolute atomic E-state index is 12.3. The van der Waals surface area contributed by atoms with Crippen molar-refractivity contribution < 1.29 is 9.59 Å². The highest BCUT2D eigenvalue weighted by Gasteiger charge is 2.19. The van der Waals surface area contributed by atoms with Crippen molar-refractivity contribution in [2.45, 2.75) is 51.2 Å². The zero-order valence-corrected chi connectivity index (χ0v) is 19.1. The number of carbonyl (C=O) groups is 2. The van der Waals surface area contributed by atoms with E-state index < -0.39 is 0 Å². The standard InChI is InChI=1S/C24H30BrN3O2/c1-28(22-12-3-2-4-13-22)17-20-9-6-5-8-19(20)15-26-23(29)16-27-24(30)18-10-7-11-21(25)14-18/h5-11,14,22H,2-4,12-13,15-17H2,1H3,(H,26,29)(H,27,30). The summed E-state index contributed by atoms with van der Waals surface area (Å²) in [5, 5.41) is 5.60. The first kappa shape index (κ1) is 22.5. The maximum atomic E-state index is 12.3. The molecule has 0 aliphatic heterocycles. The van der Waals surface area contributed by atoms with Crippen LogP contribution < -0.4 is 10.6 Å². The summed E-state index contributed by atoms with van der Waals surface area (Å²) in [6.45, 7) is 1.30. The molecule has 2 aromatic rings. The Labute approximate surface area is 187 Å². The van der Waals surface area contributed by atoms with E-state index in [9.17, 15) is 9.59 Å². The van der Waals surface area contributed by atoms with Crippen LogP contribution in [-0.4, -0.2) is 36.3 Å². The van der Waals surface area contributed by atoms with Gasteiger partial charge in [-0.05, 0) is 49.2 Å². The van der Waals surface area contributed by atoms with Gasteiger partial charge in [-0.1, -0.05) is 65.5 Å². The predicted molar refractivity (Wildman–Crippen MR) is 123 cm³/mol. The largest absolute Gasteiger partial charge is 0.350 e. The molecule has 0 bridgehead atoms. The van der Waals surface area contributed by atoms with Gasteiger partial charge in [0.15, 0.2) is 0 Å². The fraction of sp³-hybridized carbons (Fsp3) is 0.417. The molecule has 0 saturated heterocycles. The Kier molecular flexibility index (Phi) is 8.46. The fourth-order valence-corrected chi connectivity index (χ4v) is 4.35. The summed E-state index contributed by atoms with van der Waals surface area (Å²) < 4.78 is 0.828. The van der Waals surface area contributed by atoms with Gasteiger partial charge in [0.05, 0.1) is 6.54 Å². The Morgan fingerprint density at radius 2 is 1.73 bits per heavy atom. The van der Waals surface area contributed by atoms with Gasteiger partial charge in [-0.2, -0.15) is 0 Å². The minimum Gasteiger partial charge on any atom is -0.350 e. The fourth-order valence-electron chi connectivity index (χ4n) is 3.95. The van der Waals surface area contributed by atoms with Crippen LogP contribution in [0.5, 0.6) is 0 Å². The molecular formula is C24H30BrN3O2. The van der Waals surface area contributed by atoms with Gasteiger partial charge in [0.2, 0.25) is 5.91 Å². The molecule has 2 aromatic carbocycles. The van der Waals surface area contributed by atoms with Gasteiger partial charge >= 0.3 is 0 Å². The average molecular weight is 472 g/mol. The third-order valence-electron chi connectivity index (χ3n) is 5.71. The molecule has 3 rings (SSSR count). The molecule has 2 amide bonds. The molecule has 1 saturated carbocycles. The Hall–Kier alpha value is -2.18.